The second-order valence-electron chi connectivity index (χ2n) is 7.70. The van der Waals surface area contributed by atoms with Crippen LogP contribution in [0.2, 0.25) is 0 Å². The largest absolute Gasteiger partial charge is 0.351 e. The smallest absolute Gasteiger partial charge is 0.296 e. The standard InChI is InChI=1S/C19H22N8O2/c20-12-5-7-13(8-6-12)23-19-24-17-16(21-10-22-17)18(25-19)26-14-4-2-1-3-11(14)9-15(26)27(28)29/h1-4,10,12-13,15H,5-9,20H2,(H2,21,22,23,24,25)/t12?,13?,15-/m0/s1. The summed E-state index contributed by atoms with van der Waals surface area (Å²) in [4.78, 5) is 29.8. The third-order valence-electron chi connectivity index (χ3n) is 5.79. The molecular formula is C19H22N8O2. The minimum absolute atomic E-state index is 0.233. The van der Waals surface area contributed by atoms with Gasteiger partial charge in [-0.1, -0.05) is 18.2 Å². The van der Waals surface area contributed by atoms with Crippen LogP contribution in [0.3, 0.4) is 0 Å². The molecule has 150 valence electrons. The van der Waals surface area contributed by atoms with Crippen LogP contribution in [0.15, 0.2) is 30.6 Å². The molecule has 5 rings (SSSR count). The highest BCUT2D eigenvalue weighted by Crippen LogP contribution is 2.40. The molecule has 0 spiro atoms. The van der Waals surface area contributed by atoms with Gasteiger partial charge in [-0.2, -0.15) is 9.97 Å². The molecule has 0 radical (unpaired) electrons. The van der Waals surface area contributed by atoms with Crippen molar-refractivity contribution in [3.05, 3.63) is 46.3 Å². The number of hydrogen-bond donors (Lipinski definition) is 3. The van der Waals surface area contributed by atoms with E-state index < -0.39 is 6.17 Å². The molecule has 0 bridgehead atoms. The topological polar surface area (TPSA) is 139 Å². The zero-order valence-electron chi connectivity index (χ0n) is 15.8. The summed E-state index contributed by atoms with van der Waals surface area (Å²) in [6.45, 7) is 0. The van der Waals surface area contributed by atoms with Gasteiger partial charge in [-0.25, -0.2) is 4.98 Å². The molecule has 1 atom stereocenters. The van der Waals surface area contributed by atoms with E-state index in [4.69, 9.17) is 10.7 Å². The normalized spacial score (nSPS) is 23.9. The Kier molecular flexibility index (Phi) is 4.27. The molecule has 3 heterocycles. The number of nitro groups is 1. The Morgan fingerprint density at radius 1 is 1.21 bits per heavy atom. The molecule has 0 unspecified atom stereocenters. The van der Waals surface area contributed by atoms with E-state index in [-0.39, 0.29) is 17.0 Å². The quantitative estimate of drug-likeness (QED) is 0.453. The van der Waals surface area contributed by atoms with Crippen molar-refractivity contribution in [3.8, 4) is 0 Å². The molecule has 1 aliphatic carbocycles. The molecule has 10 heteroatoms. The van der Waals surface area contributed by atoms with Crippen molar-refractivity contribution in [3.63, 3.8) is 0 Å². The van der Waals surface area contributed by atoms with Gasteiger partial charge in [0.15, 0.2) is 11.5 Å². The van der Waals surface area contributed by atoms with E-state index in [0.717, 1.165) is 36.9 Å². The lowest BCUT2D eigenvalue weighted by Crippen LogP contribution is -2.36. The number of nitrogens with one attached hydrogen (secondary N) is 2. The third kappa shape index (κ3) is 3.15. The van der Waals surface area contributed by atoms with Crippen LogP contribution in [0.1, 0.15) is 31.2 Å². The number of H-pyrrole nitrogens is 1. The first-order chi connectivity index (χ1) is 14.1. The van der Waals surface area contributed by atoms with Crippen molar-refractivity contribution in [2.75, 3.05) is 10.2 Å². The number of rotatable bonds is 4. The SMILES string of the molecule is NC1CCC(Nc2nc(N3c4ccccc4C[C@@H]3[N+](=O)[O-])c3[nH]cnc3n2)CC1. The van der Waals surface area contributed by atoms with Crippen molar-refractivity contribution in [2.24, 2.45) is 5.73 Å². The summed E-state index contributed by atoms with van der Waals surface area (Å²) in [5.74, 6) is 0.903. The number of anilines is 3. The first-order valence-corrected chi connectivity index (χ1v) is 9.84. The van der Waals surface area contributed by atoms with Crippen molar-refractivity contribution in [1.82, 2.24) is 19.9 Å². The van der Waals surface area contributed by atoms with Crippen LogP contribution < -0.4 is 16.0 Å². The average molecular weight is 394 g/mol. The second kappa shape index (κ2) is 6.96. The Hall–Kier alpha value is -3.27. The van der Waals surface area contributed by atoms with Gasteiger partial charge in [-0.15, -0.1) is 0 Å². The van der Waals surface area contributed by atoms with E-state index in [9.17, 15) is 10.1 Å². The summed E-state index contributed by atoms with van der Waals surface area (Å²) >= 11 is 0. The first-order valence-electron chi connectivity index (χ1n) is 9.84. The van der Waals surface area contributed by atoms with Crippen LogP contribution in [0.4, 0.5) is 17.5 Å². The van der Waals surface area contributed by atoms with Gasteiger partial charge in [-0.05, 0) is 37.3 Å². The molecule has 1 aromatic carbocycles. The number of benzene rings is 1. The molecule has 3 aromatic rings. The van der Waals surface area contributed by atoms with Crippen LogP contribution in [0.5, 0.6) is 0 Å². The Labute approximate surface area is 166 Å². The van der Waals surface area contributed by atoms with Gasteiger partial charge in [0.1, 0.15) is 5.52 Å². The highest BCUT2D eigenvalue weighted by Gasteiger charge is 2.40. The number of hydrogen-bond acceptors (Lipinski definition) is 8. The van der Waals surface area contributed by atoms with E-state index in [0.29, 0.717) is 29.4 Å². The fourth-order valence-electron chi connectivity index (χ4n) is 4.29. The average Bonchev–Trinajstić information content (AvgIpc) is 3.34. The van der Waals surface area contributed by atoms with Gasteiger partial charge in [0.05, 0.1) is 18.4 Å². The number of fused-ring (bicyclic) bond motifs is 2. The van der Waals surface area contributed by atoms with E-state index in [1.165, 1.54) is 6.33 Å². The van der Waals surface area contributed by atoms with E-state index >= 15 is 0 Å². The summed E-state index contributed by atoms with van der Waals surface area (Å²) in [5.41, 5.74) is 8.79. The molecule has 29 heavy (non-hydrogen) atoms. The molecule has 0 amide bonds. The molecule has 0 saturated heterocycles. The van der Waals surface area contributed by atoms with Gasteiger partial charge >= 0.3 is 0 Å². The van der Waals surface area contributed by atoms with Crippen LogP contribution >= 0.6 is 0 Å². The van der Waals surface area contributed by atoms with Gasteiger partial charge < -0.3 is 16.0 Å². The molecule has 4 N–H and O–H groups in total. The van der Waals surface area contributed by atoms with Crippen LogP contribution in [-0.4, -0.2) is 43.1 Å². The van der Waals surface area contributed by atoms with Crippen molar-refractivity contribution in [2.45, 2.75) is 50.4 Å². The monoisotopic (exact) mass is 394 g/mol. The number of imidazole rings is 1. The predicted molar refractivity (Wildman–Crippen MR) is 109 cm³/mol. The fraction of sp³-hybridized carbons (Fsp3) is 0.421. The maximum Gasteiger partial charge on any atom is 0.296 e. The highest BCUT2D eigenvalue weighted by molar-refractivity contribution is 5.88. The number of para-hydroxylation sites is 1. The van der Waals surface area contributed by atoms with E-state index in [1.54, 1.807) is 4.90 Å². The number of nitrogens with two attached hydrogens (primary N) is 1. The third-order valence-corrected chi connectivity index (χ3v) is 5.79. The number of aromatic amines is 1. The summed E-state index contributed by atoms with van der Waals surface area (Å²) < 4.78 is 0. The zero-order chi connectivity index (χ0) is 20.0. The summed E-state index contributed by atoms with van der Waals surface area (Å²) in [6.07, 6.45) is 4.75. The fourth-order valence-corrected chi connectivity index (χ4v) is 4.29. The lowest BCUT2D eigenvalue weighted by molar-refractivity contribution is -0.518. The van der Waals surface area contributed by atoms with Gasteiger partial charge in [0, 0.05) is 17.0 Å². The molecule has 1 fully saturated rings. The van der Waals surface area contributed by atoms with Crippen molar-refractivity contribution >= 4 is 28.6 Å². The minimum atomic E-state index is -0.922. The summed E-state index contributed by atoms with van der Waals surface area (Å²) in [7, 11) is 0. The Morgan fingerprint density at radius 2 is 2.00 bits per heavy atom. The Morgan fingerprint density at radius 3 is 2.79 bits per heavy atom. The Balaban J connectivity index is 1.57. The first kappa shape index (κ1) is 17.8. The minimum Gasteiger partial charge on any atom is -0.351 e. The molecule has 1 saturated carbocycles. The van der Waals surface area contributed by atoms with E-state index in [1.807, 2.05) is 24.3 Å². The van der Waals surface area contributed by atoms with Gasteiger partial charge in [-0.3, -0.25) is 15.0 Å². The van der Waals surface area contributed by atoms with Crippen molar-refractivity contribution < 1.29 is 4.92 Å². The maximum atomic E-state index is 11.8. The summed E-state index contributed by atoms with van der Waals surface area (Å²) in [6, 6.07) is 8.06. The maximum absolute atomic E-state index is 11.8. The highest BCUT2D eigenvalue weighted by atomic mass is 16.6. The van der Waals surface area contributed by atoms with Crippen molar-refractivity contribution in [1.29, 1.82) is 0 Å². The molecular weight excluding hydrogens is 372 g/mol. The second-order valence-corrected chi connectivity index (χ2v) is 7.70. The lowest BCUT2D eigenvalue weighted by Gasteiger charge is -2.27. The zero-order valence-corrected chi connectivity index (χ0v) is 15.8. The molecule has 2 aromatic heterocycles. The van der Waals surface area contributed by atoms with Gasteiger partial charge in [0.2, 0.25) is 5.95 Å². The number of nitrogens with zero attached hydrogens (tertiary/aromatic N) is 5. The van der Waals surface area contributed by atoms with Crippen LogP contribution in [0, 0.1) is 10.1 Å². The van der Waals surface area contributed by atoms with Gasteiger partial charge in [0.25, 0.3) is 6.17 Å². The molecule has 10 nitrogen and oxygen atoms in total. The van der Waals surface area contributed by atoms with E-state index in [2.05, 4.69) is 20.3 Å². The summed E-state index contributed by atoms with van der Waals surface area (Å²) in [5, 5.41) is 15.2. The number of aromatic nitrogens is 4. The predicted octanol–water partition coefficient (Wildman–Crippen LogP) is 2.33. The van der Waals surface area contributed by atoms with Crippen LogP contribution in [0.25, 0.3) is 11.2 Å². The molecule has 2 aliphatic rings. The molecule has 1 aliphatic heterocycles. The van der Waals surface area contributed by atoms with Crippen LogP contribution in [-0.2, 0) is 6.42 Å². The Bertz CT molecular complexity index is 1060. The lowest BCUT2D eigenvalue weighted by atomic mass is 9.92.